The van der Waals surface area contributed by atoms with Crippen LogP contribution < -0.4 is 5.32 Å². The zero-order chi connectivity index (χ0) is 12.3. The van der Waals surface area contributed by atoms with Crippen molar-refractivity contribution in [2.24, 2.45) is 0 Å². The van der Waals surface area contributed by atoms with Crippen LogP contribution in [0.5, 0.6) is 0 Å². The van der Waals surface area contributed by atoms with Crippen LogP contribution in [-0.4, -0.2) is 9.97 Å². The molecule has 1 N–H and O–H groups in total. The molecule has 0 bridgehead atoms. The minimum atomic E-state index is 0.523. The lowest BCUT2D eigenvalue weighted by Gasteiger charge is -2.10. The first kappa shape index (κ1) is 12.6. The number of nitrogens with zero attached hydrogens (tertiary/aromatic N) is 2. The van der Waals surface area contributed by atoms with Crippen LogP contribution in [0.4, 0.5) is 5.69 Å². The molecule has 0 amide bonds. The Hall–Kier alpha value is -0.840. The van der Waals surface area contributed by atoms with Crippen LogP contribution in [0.15, 0.2) is 35.2 Å². The van der Waals surface area contributed by atoms with Crippen LogP contribution in [0.25, 0.3) is 0 Å². The fourth-order valence-corrected chi connectivity index (χ4v) is 2.65. The number of hydrogen-bond acceptors (Lipinski definition) is 3. The zero-order valence-corrected chi connectivity index (χ0v) is 11.7. The zero-order valence-electron chi connectivity index (χ0n) is 8.62. The first-order chi connectivity index (χ1) is 8.16. The molecule has 1 heterocycles. The summed E-state index contributed by atoms with van der Waals surface area (Å²) in [5, 5.41) is 4.26. The highest BCUT2D eigenvalue weighted by molar-refractivity contribution is 9.10. The third-order valence-corrected chi connectivity index (χ3v) is 3.12. The molecular formula is C11H8BrCl2N3. The average molecular weight is 333 g/mol. The van der Waals surface area contributed by atoms with Gasteiger partial charge >= 0.3 is 0 Å². The maximum Gasteiger partial charge on any atom is 0.0777 e. The van der Waals surface area contributed by atoms with Crippen molar-refractivity contribution in [1.82, 2.24) is 9.97 Å². The van der Waals surface area contributed by atoms with Gasteiger partial charge in [-0.2, -0.15) is 0 Å². The van der Waals surface area contributed by atoms with Crippen molar-refractivity contribution in [3.8, 4) is 0 Å². The highest BCUT2D eigenvalue weighted by atomic mass is 79.9. The molecule has 6 heteroatoms. The van der Waals surface area contributed by atoms with Gasteiger partial charge in [0.1, 0.15) is 0 Å². The quantitative estimate of drug-likeness (QED) is 0.917. The number of rotatable bonds is 3. The summed E-state index contributed by atoms with van der Waals surface area (Å²) in [6.45, 7) is 0.523. The van der Waals surface area contributed by atoms with Gasteiger partial charge in [0, 0.05) is 16.9 Å². The highest BCUT2D eigenvalue weighted by Gasteiger charge is 2.07. The van der Waals surface area contributed by atoms with E-state index in [1.807, 2.05) is 0 Å². The molecule has 2 aromatic rings. The number of hydrogen-bond donors (Lipinski definition) is 1. The van der Waals surface area contributed by atoms with Crippen molar-refractivity contribution in [3.63, 3.8) is 0 Å². The minimum Gasteiger partial charge on any atom is -0.377 e. The van der Waals surface area contributed by atoms with Crippen LogP contribution in [0.3, 0.4) is 0 Å². The number of anilines is 1. The smallest absolute Gasteiger partial charge is 0.0777 e. The Bertz CT molecular complexity index is 496. The van der Waals surface area contributed by atoms with Gasteiger partial charge in [-0.25, -0.2) is 0 Å². The van der Waals surface area contributed by atoms with E-state index < -0.39 is 0 Å². The number of aromatic nitrogens is 2. The first-order valence-corrected chi connectivity index (χ1v) is 6.35. The molecule has 0 saturated heterocycles. The lowest BCUT2D eigenvalue weighted by molar-refractivity contribution is 1.01. The first-order valence-electron chi connectivity index (χ1n) is 4.80. The number of halogens is 3. The SMILES string of the molecule is Clc1cc(Br)cc(Cl)c1NCc1cnccn1. The van der Waals surface area contributed by atoms with E-state index in [1.165, 1.54) is 0 Å². The normalized spacial score (nSPS) is 10.3. The summed E-state index contributed by atoms with van der Waals surface area (Å²) in [5.74, 6) is 0. The van der Waals surface area contributed by atoms with Gasteiger partial charge in [0.05, 0.1) is 34.2 Å². The van der Waals surface area contributed by atoms with Crippen molar-refractivity contribution >= 4 is 44.8 Å². The fraction of sp³-hybridized carbons (Fsp3) is 0.0909. The van der Waals surface area contributed by atoms with Crippen LogP contribution in [0, 0.1) is 0 Å². The molecule has 0 aliphatic heterocycles. The predicted octanol–water partition coefficient (Wildman–Crippen LogP) is 4.16. The molecule has 88 valence electrons. The van der Waals surface area contributed by atoms with Gasteiger partial charge < -0.3 is 5.32 Å². The topological polar surface area (TPSA) is 37.8 Å². The van der Waals surface area contributed by atoms with Crippen LogP contribution in [0.2, 0.25) is 10.0 Å². The van der Waals surface area contributed by atoms with Crippen molar-refractivity contribution in [1.29, 1.82) is 0 Å². The Balaban J connectivity index is 2.15. The third kappa shape index (κ3) is 3.31. The van der Waals surface area contributed by atoms with Crippen molar-refractivity contribution < 1.29 is 0 Å². The third-order valence-electron chi connectivity index (χ3n) is 2.07. The van der Waals surface area contributed by atoms with Crippen LogP contribution in [0.1, 0.15) is 5.69 Å². The van der Waals surface area contributed by atoms with Gasteiger partial charge in [-0.1, -0.05) is 39.1 Å². The maximum atomic E-state index is 6.09. The summed E-state index contributed by atoms with van der Waals surface area (Å²) >= 11 is 15.5. The summed E-state index contributed by atoms with van der Waals surface area (Å²) in [7, 11) is 0. The number of nitrogens with one attached hydrogen (secondary N) is 1. The van der Waals surface area contributed by atoms with Crippen LogP contribution in [-0.2, 0) is 6.54 Å². The number of benzene rings is 1. The monoisotopic (exact) mass is 331 g/mol. The summed E-state index contributed by atoms with van der Waals surface area (Å²) < 4.78 is 0.845. The largest absolute Gasteiger partial charge is 0.377 e. The van der Waals surface area contributed by atoms with Gasteiger partial charge in [0.15, 0.2) is 0 Å². The van der Waals surface area contributed by atoms with Gasteiger partial charge in [0.2, 0.25) is 0 Å². The summed E-state index contributed by atoms with van der Waals surface area (Å²) in [6.07, 6.45) is 4.96. The molecule has 3 nitrogen and oxygen atoms in total. The molecule has 0 fully saturated rings. The Labute approximate surface area is 117 Å². The lowest BCUT2D eigenvalue weighted by Crippen LogP contribution is -2.02. The van der Waals surface area contributed by atoms with E-state index >= 15 is 0 Å². The van der Waals surface area contributed by atoms with Gasteiger partial charge in [-0.15, -0.1) is 0 Å². The summed E-state index contributed by atoms with van der Waals surface area (Å²) in [6, 6.07) is 3.57. The highest BCUT2D eigenvalue weighted by Crippen LogP contribution is 2.33. The van der Waals surface area contributed by atoms with Crippen molar-refractivity contribution in [3.05, 3.63) is 50.9 Å². The van der Waals surface area contributed by atoms with E-state index in [0.29, 0.717) is 22.3 Å². The average Bonchev–Trinajstić information content (AvgIpc) is 2.29. The predicted molar refractivity (Wildman–Crippen MR) is 73.5 cm³/mol. The van der Waals surface area contributed by atoms with E-state index in [-0.39, 0.29) is 0 Å². The van der Waals surface area contributed by atoms with Gasteiger partial charge in [0.25, 0.3) is 0 Å². The molecule has 17 heavy (non-hydrogen) atoms. The minimum absolute atomic E-state index is 0.523. The second kappa shape index (κ2) is 5.67. The van der Waals surface area contributed by atoms with E-state index in [0.717, 1.165) is 10.2 Å². The molecule has 0 aliphatic rings. The molecule has 0 radical (unpaired) electrons. The lowest BCUT2D eigenvalue weighted by atomic mass is 10.3. The van der Waals surface area contributed by atoms with Crippen molar-refractivity contribution in [2.75, 3.05) is 5.32 Å². The molecule has 0 aliphatic carbocycles. The van der Waals surface area contributed by atoms with Gasteiger partial charge in [-0.05, 0) is 12.1 Å². The van der Waals surface area contributed by atoms with E-state index in [1.54, 1.807) is 30.7 Å². The molecule has 0 atom stereocenters. The Morgan fingerprint density at radius 3 is 2.47 bits per heavy atom. The molecule has 1 aromatic heterocycles. The standard InChI is InChI=1S/C11H8BrCl2N3/c12-7-3-9(13)11(10(14)4-7)17-6-8-5-15-1-2-16-8/h1-5,17H,6H2. The molecule has 2 rings (SSSR count). The summed E-state index contributed by atoms with van der Waals surface area (Å²) in [5.41, 5.74) is 1.52. The maximum absolute atomic E-state index is 6.09. The van der Waals surface area contributed by atoms with Crippen LogP contribution >= 0.6 is 39.1 Å². The van der Waals surface area contributed by atoms with Crippen molar-refractivity contribution in [2.45, 2.75) is 6.54 Å². The molecule has 0 unspecified atom stereocenters. The molecule has 1 aromatic carbocycles. The second-order valence-corrected chi connectivity index (χ2v) is 5.02. The summed E-state index contributed by atoms with van der Waals surface area (Å²) in [4.78, 5) is 8.13. The Morgan fingerprint density at radius 1 is 1.18 bits per heavy atom. The fourth-order valence-electron chi connectivity index (χ4n) is 1.31. The molecule has 0 spiro atoms. The van der Waals surface area contributed by atoms with E-state index in [2.05, 4.69) is 31.2 Å². The molecular weight excluding hydrogens is 325 g/mol. The Kier molecular flexibility index (Phi) is 4.20. The van der Waals surface area contributed by atoms with E-state index in [9.17, 15) is 0 Å². The van der Waals surface area contributed by atoms with Gasteiger partial charge in [-0.3, -0.25) is 9.97 Å². The molecule has 0 saturated carbocycles. The Morgan fingerprint density at radius 2 is 1.88 bits per heavy atom. The van der Waals surface area contributed by atoms with E-state index in [4.69, 9.17) is 23.2 Å². The second-order valence-electron chi connectivity index (χ2n) is 3.29.